The zero-order valence-electron chi connectivity index (χ0n) is 14.4. The molecule has 2 rings (SSSR count). The summed E-state index contributed by atoms with van der Waals surface area (Å²) in [6.45, 7) is 3.40. The first-order chi connectivity index (χ1) is 12.3. The molecule has 1 fully saturated rings. The number of nitrogens with one attached hydrogen (secondary N) is 1. The number of rotatable bonds is 8. The van der Waals surface area contributed by atoms with Crippen LogP contribution in [-0.4, -0.2) is 54.1 Å². The van der Waals surface area contributed by atoms with Gasteiger partial charge < -0.3 is 20.1 Å². The van der Waals surface area contributed by atoms with Crippen LogP contribution in [0, 0.1) is 11.7 Å². The van der Waals surface area contributed by atoms with Gasteiger partial charge in [0.15, 0.2) is 6.04 Å². The van der Waals surface area contributed by atoms with E-state index in [4.69, 9.17) is 4.74 Å². The third-order valence-corrected chi connectivity index (χ3v) is 4.27. The summed E-state index contributed by atoms with van der Waals surface area (Å²) in [5.41, 5.74) is 0.606. The van der Waals surface area contributed by atoms with Crippen molar-refractivity contribution in [2.75, 3.05) is 20.3 Å². The highest BCUT2D eigenvalue weighted by Gasteiger charge is 2.43. The molecular formula is C18H21FN2O5. The molecule has 3 atom stereocenters. The first kappa shape index (κ1) is 19.6. The maximum Gasteiger partial charge on any atom is 0.328 e. The number of carbonyl (C=O) groups excluding carboxylic acids is 2. The van der Waals surface area contributed by atoms with Crippen molar-refractivity contribution in [3.63, 3.8) is 0 Å². The lowest BCUT2D eigenvalue weighted by molar-refractivity contribution is -0.144. The molecular weight excluding hydrogens is 343 g/mol. The SMILES string of the molecule is C=CCOCC(NC(=O)C1CC(=O)N(C)C1c1ccc(F)cc1)C(=O)O. The molecule has 0 spiro atoms. The van der Waals surface area contributed by atoms with E-state index < -0.39 is 35.7 Å². The molecule has 0 bridgehead atoms. The van der Waals surface area contributed by atoms with Crippen molar-refractivity contribution in [3.05, 3.63) is 48.3 Å². The normalized spacial score (nSPS) is 20.7. The Balaban J connectivity index is 2.16. The Labute approximate surface area is 150 Å². The van der Waals surface area contributed by atoms with Crippen molar-refractivity contribution in [1.29, 1.82) is 0 Å². The third-order valence-electron chi connectivity index (χ3n) is 4.27. The fourth-order valence-corrected chi connectivity index (χ4v) is 2.94. The van der Waals surface area contributed by atoms with Crippen molar-refractivity contribution in [2.45, 2.75) is 18.5 Å². The summed E-state index contributed by atoms with van der Waals surface area (Å²) in [4.78, 5) is 37.5. The van der Waals surface area contributed by atoms with Crippen LogP contribution in [0.5, 0.6) is 0 Å². The van der Waals surface area contributed by atoms with Gasteiger partial charge in [-0.2, -0.15) is 0 Å². The van der Waals surface area contributed by atoms with Crippen molar-refractivity contribution in [1.82, 2.24) is 10.2 Å². The van der Waals surface area contributed by atoms with E-state index in [2.05, 4.69) is 11.9 Å². The Hall–Kier alpha value is -2.74. The molecule has 8 heteroatoms. The van der Waals surface area contributed by atoms with Gasteiger partial charge >= 0.3 is 5.97 Å². The van der Waals surface area contributed by atoms with E-state index in [0.717, 1.165) is 0 Å². The summed E-state index contributed by atoms with van der Waals surface area (Å²) in [5.74, 6) is -3.24. The molecule has 1 heterocycles. The topological polar surface area (TPSA) is 95.9 Å². The van der Waals surface area contributed by atoms with Crippen LogP contribution in [-0.2, 0) is 19.1 Å². The molecule has 2 amide bonds. The quantitative estimate of drug-likeness (QED) is 0.532. The predicted octanol–water partition coefficient (Wildman–Crippen LogP) is 1.12. The molecule has 1 saturated heterocycles. The maximum atomic E-state index is 13.2. The average molecular weight is 364 g/mol. The summed E-state index contributed by atoms with van der Waals surface area (Å²) in [5, 5.41) is 11.7. The van der Waals surface area contributed by atoms with Crippen LogP contribution in [0.1, 0.15) is 18.0 Å². The number of nitrogens with zero attached hydrogens (tertiary/aromatic N) is 1. The summed E-state index contributed by atoms with van der Waals surface area (Å²) >= 11 is 0. The summed E-state index contributed by atoms with van der Waals surface area (Å²) in [6, 6.07) is 3.70. The molecule has 0 aromatic heterocycles. The summed E-state index contributed by atoms with van der Waals surface area (Å²) in [7, 11) is 1.56. The summed E-state index contributed by atoms with van der Waals surface area (Å²) < 4.78 is 18.3. The Morgan fingerprint density at radius 2 is 2.12 bits per heavy atom. The lowest BCUT2D eigenvalue weighted by Crippen LogP contribution is -2.47. The Kier molecular flexibility index (Phi) is 6.46. The molecule has 1 aliphatic rings. The second-order valence-electron chi connectivity index (χ2n) is 6.04. The van der Waals surface area contributed by atoms with Gasteiger partial charge in [-0.05, 0) is 17.7 Å². The van der Waals surface area contributed by atoms with E-state index in [-0.39, 0.29) is 25.5 Å². The van der Waals surface area contributed by atoms with Crippen molar-refractivity contribution in [3.8, 4) is 0 Å². The highest BCUT2D eigenvalue weighted by atomic mass is 19.1. The van der Waals surface area contributed by atoms with Crippen LogP contribution in [0.3, 0.4) is 0 Å². The fraction of sp³-hybridized carbons (Fsp3) is 0.389. The van der Waals surface area contributed by atoms with E-state index in [0.29, 0.717) is 5.56 Å². The van der Waals surface area contributed by atoms with Gasteiger partial charge in [0, 0.05) is 13.5 Å². The molecule has 26 heavy (non-hydrogen) atoms. The molecule has 0 radical (unpaired) electrons. The molecule has 1 aromatic carbocycles. The van der Waals surface area contributed by atoms with Gasteiger partial charge in [0.1, 0.15) is 5.82 Å². The van der Waals surface area contributed by atoms with Gasteiger partial charge in [-0.15, -0.1) is 6.58 Å². The maximum absolute atomic E-state index is 13.2. The Bertz CT molecular complexity index is 691. The number of aliphatic carboxylic acids is 1. The third kappa shape index (κ3) is 4.45. The number of ether oxygens (including phenoxy) is 1. The Morgan fingerprint density at radius 1 is 1.46 bits per heavy atom. The molecule has 1 aromatic rings. The van der Waals surface area contributed by atoms with Crippen LogP contribution in [0.25, 0.3) is 0 Å². The molecule has 3 unspecified atom stereocenters. The minimum absolute atomic E-state index is 0.0514. The number of benzene rings is 1. The number of carboxylic acids is 1. The van der Waals surface area contributed by atoms with Crippen molar-refractivity contribution < 1.29 is 28.6 Å². The van der Waals surface area contributed by atoms with Crippen molar-refractivity contribution >= 4 is 17.8 Å². The van der Waals surface area contributed by atoms with Gasteiger partial charge in [-0.25, -0.2) is 9.18 Å². The van der Waals surface area contributed by atoms with Gasteiger partial charge in [0.2, 0.25) is 11.8 Å². The monoisotopic (exact) mass is 364 g/mol. The van der Waals surface area contributed by atoms with E-state index in [1.54, 1.807) is 7.05 Å². The van der Waals surface area contributed by atoms with Gasteiger partial charge in [0.05, 0.1) is 25.2 Å². The second-order valence-corrected chi connectivity index (χ2v) is 6.04. The van der Waals surface area contributed by atoms with E-state index in [1.165, 1.54) is 35.2 Å². The number of halogens is 1. The van der Waals surface area contributed by atoms with E-state index in [9.17, 15) is 23.9 Å². The van der Waals surface area contributed by atoms with Crippen molar-refractivity contribution in [2.24, 2.45) is 5.92 Å². The first-order valence-corrected chi connectivity index (χ1v) is 8.08. The van der Waals surface area contributed by atoms with Gasteiger partial charge in [-0.3, -0.25) is 9.59 Å². The predicted molar refractivity (Wildman–Crippen MR) is 90.6 cm³/mol. The largest absolute Gasteiger partial charge is 0.480 e. The number of likely N-dealkylation sites (tertiary alicyclic amines) is 1. The highest BCUT2D eigenvalue weighted by molar-refractivity contribution is 5.92. The second kappa shape index (κ2) is 8.57. The molecule has 7 nitrogen and oxygen atoms in total. The molecule has 2 N–H and O–H groups in total. The zero-order valence-corrected chi connectivity index (χ0v) is 14.4. The van der Waals surface area contributed by atoms with Crippen LogP contribution in [0.4, 0.5) is 4.39 Å². The van der Waals surface area contributed by atoms with Crippen LogP contribution >= 0.6 is 0 Å². The minimum Gasteiger partial charge on any atom is -0.480 e. The number of amides is 2. The van der Waals surface area contributed by atoms with Crippen LogP contribution in [0.15, 0.2) is 36.9 Å². The number of carboxylic acid groups (broad SMARTS) is 1. The lowest BCUT2D eigenvalue weighted by Gasteiger charge is -2.26. The van der Waals surface area contributed by atoms with E-state index in [1.807, 2.05) is 0 Å². The van der Waals surface area contributed by atoms with Gasteiger partial charge in [0.25, 0.3) is 0 Å². The first-order valence-electron chi connectivity index (χ1n) is 8.08. The average Bonchev–Trinajstić information content (AvgIpc) is 2.90. The molecule has 0 aliphatic carbocycles. The zero-order chi connectivity index (χ0) is 19.3. The summed E-state index contributed by atoms with van der Waals surface area (Å²) in [6.07, 6.45) is 1.42. The van der Waals surface area contributed by atoms with E-state index >= 15 is 0 Å². The number of hydrogen-bond donors (Lipinski definition) is 2. The molecule has 0 saturated carbocycles. The van der Waals surface area contributed by atoms with Crippen LogP contribution < -0.4 is 5.32 Å². The number of carbonyl (C=O) groups is 3. The lowest BCUT2D eigenvalue weighted by atomic mass is 9.92. The molecule has 140 valence electrons. The minimum atomic E-state index is -1.24. The number of hydrogen-bond acceptors (Lipinski definition) is 4. The standard InChI is InChI=1S/C18H21FN2O5/c1-3-8-26-10-14(18(24)25)20-17(23)13-9-15(22)21(2)16(13)11-4-6-12(19)7-5-11/h3-7,13-14,16H,1,8-10H2,2H3,(H,20,23)(H,24,25). The smallest absolute Gasteiger partial charge is 0.328 e. The highest BCUT2D eigenvalue weighted by Crippen LogP contribution is 2.37. The van der Waals surface area contributed by atoms with Gasteiger partial charge in [-0.1, -0.05) is 18.2 Å². The Morgan fingerprint density at radius 3 is 2.69 bits per heavy atom. The molecule has 1 aliphatic heterocycles. The fourth-order valence-electron chi connectivity index (χ4n) is 2.94. The van der Waals surface area contributed by atoms with Crippen LogP contribution in [0.2, 0.25) is 0 Å².